The van der Waals surface area contributed by atoms with Crippen molar-refractivity contribution in [2.75, 3.05) is 40.5 Å². The largest absolute Gasteiger partial charge is 0.493 e. The predicted molar refractivity (Wildman–Crippen MR) is 121 cm³/mol. The number of methoxy groups -OCH3 is 1. The molecule has 1 aliphatic rings. The Morgan fingerprint density at radius 3 is 2.66 bits per heavy atom. The Hall–Kier alpha value is -1.36. The molecule has 6 nitrogen and oxygen atoms in total. The Balaban J connectivity index is 0.00000420. The van der Waals surface area contributed by atoms with E-state index in [4.69, 9.17) is 9.47 Å². The van der Waals surface area contributed by atoms with Crippen LogP contribution in [0.15, 0.2) is 23.2 Å². The number of rotatable bonds is 9. The molecule has 1 aliphatic heterocycles. The third kappa shape index (κ3) is 8.90. The van der Waals surface area contributed by atoms with Gasteiger partial charge in [0, 0.05) is 33.4 Å². The van der Waals surface area contributed by atoms with Crippen LogP contribution in [0.3, 0.4) is 0 Å². The summed E-state index contributed by atoms with van der Waals surface area (Å²) in [6, 6.07) is 4.96. The maximum Gasteiger partial charge on any atom is 0.387 e. The van der Waals surface area contributed by atoms with Gasteiger partial charge in [0.2, 0.25) is 0 Å². The molecule has 1 aromatic rings. The standard InChI is InChI=1S/C20H31F2N3O3.HI/c1-4-23-20(25(2)10-7-15-8-11-27-12-9-15)24-14-16-5-6-17(26-3)18(13-16)28-19(21)22;/h5-6,13,15,19H,4,7-12,14H2,1-3H3,(H,23,24);1H. The van der Waals surface area contributed by atoms with E-state index in [-0.39, 0.29) is 35.5 Å². The van der Waals surface area contributed by atoms with E-state index in [0.29, 0.717) is 12.5 Å². The zero-order chi connectivity index (χ0) is 20.4. The van der Waals surface area contributed by atoms with E-state index in [1.54, 1.807) is 18.2 Å². The van der Waals surface area contributed by atoms with Crippen LogP contribution < -0.4 is 14.8 Å². The number of hydrogen-bond donors (Lipinski definition) is 1. The third-order valence-corrected chi connectivity index (χ3v) is 4.77. The third-order valence-electron chi connectivity index (χ3n) is 4.77. The lowest BCUT2D eigenvalue weighted by Gasteiger charge is -2.26. The van der Waals surface area contributed by atoms with Crippen LogP contribution in [0.5, 0.6) is 11.5 Å². The van der Waals surface area contributed by atoms with E-state index in [1.807, 2.05) is 14.0 Å². The van der Waals surface area contributed by atoms with Gasteiger partial charge >= 0.3 is 6.61 Å². The molecule has 1 fully saturated rings. The van der Waals surface area contributed by atoms with Crippen LogP contribution in [0.25, 0.3) is 0 Å². The van der Waals surface area contributed by atoms with Gasteiger partial charge in [-0.1, -0.05) is 6.07 Å². The summed E-state index contributed by atoms with van der Waals surface area (Å²) < 4.78 is 40.2. The predicted octanol–water partition coefficient (Wildman–Crippen LogP) is 4.13. The molecule has 9 heteroatoms. The van der Waals surface area contributed by atoms with Gasteiger partial charge in [0.25, 0.3) is 0 Å². The Labute approximate surface area is 189 Å². The number of guanidine groups is 1. The first-order valence-corrected chi connectivity index (χ1v) is 9.72. The molecule has 1 aromatic carbocycles. The fraction of sp³-hybridized carbons (Fsp3) is 0.650. The van der Waals surface area contributed by atoms with Gasteiger partial charge in [0.05, 0.1) is 13.7 Å². The van der Waals surface area contributed by atoms with Crippen molar-refractivity contribution in [3.63, 3.8) is 0 Å². The number of ether oxygens (including phenoxy) is 3. The zero-order valence-electron chi connectivity index (χ0n) is 17.3. The summed E-state index contributed by atoms with van der Waals surface area (Å²) in [5.74, 6) is 1.77. The van der Waals surface area contributed by atoms with Crippen LogP contribution in [0.1, 0.15) is 31.7 Å². The Morgan fingerprint density at radius 2 is 2.03 bits per heavy atom. The van der Waals surface area contributed by atoms with Gasteiger partial charge in [-0.3, -0.25) is 0 Å². The van der Waals surface area contributed by atoms with Crippen LogP contribution in [0.4, 0.5) is 8.78 Å². The van der Waals surface area contributed by atoms with Crippen LogP contribution in [-0.2, 0) is 11.3 Å². The molecule has 0 aromatic heterocycles. The van der Waals surface area contributed by atoms with E-state index in [0.717, 1.165) is 57.1 Å². The molecule has 0 unspecified atom stereocenters. The van der Waals surface area contributed by atoms with Gasteiger partial charge in [0.1, 0.15) is 0 Å². The molecular weight excluding hydrogens is 495 g/mol. The number of nitrogens with zero attached hydrogens (tertiary/aromatic N) is 2. The Kier molecular flexibility index (Phi) is 12.2. The molecule has 166 valence electrons. The van der Waals surface area contributed by atoms with Crippen molar-refractivity contribution < 1.29 is 23.0 Å². The van der Waals surface area contributed by atoms with Crippen molar-refractivity contribution in [2.45, 2.75) is 39.3 Å². The minimum atomic E-state index is -2.90. The van der Waals surface area contributed by atoms with Crippen molar-refractivity contribution in [2.24, 2.45) is 10.9 Å². The maximum absolute atomic E-state index is 12.6. The molecule has 29 heavy (non-hydrogen) atoms. The van der Waals surface area contributed by atoms with Gasteiger partial charge in [-0.15, -0.1) is 24.0 Å². The number of nitrogens with one attached hydrogen (secondary N) is 1. The lowest BCUT2D eigenvalue weighted by atomic mass is 9.96. The first kappa shape index (κ1) is 25.7. The average molecular weight is 527 g/mol. The summed E-state index contributed by atoms with van der Waals surface area (Å²) in [6.45, 7) is 2.83. The minimum absolute atomic E-state index is 0. The molecule has 0 aliphatic carbocycles. The lowest BCUT2D eigenvalue weighted by molar-refractivity contribution is -0.0512. The van der Waals surface area contributed by atoms with Gasteiger partial charge in [-0.2, -0.15) is 8.78 Å². The number of alkyl halides is 2. The Morgan fingerprint density at radius 1 is 1.31 bits per heavy atom. The monoisotopic (exact) mass is 527 g/mol. The number of halogens is 3. The van der Waals surface area contributed by atoms with Crippen molar-refractivity contribution in [1.82, 2.24) is 10.2 Å². The first-order chi connectivity index (χ1) is 13.5. The maximum atomic E-state index is 12.6. The SMILES string of the molecule is CCNC(=NCc1ccc(OC)c(OC(F)F)c1)N(C)CCC1CCOCC1.I. The molecule has 2 rings (SSSR count). The zero-order valence-corrected chi connectivity index (χ0v) is 19.7. The van der Waals surface area contributed by atoms with Crippen molar-refractivity contribution in [3.8, 4) is 11.5 Å². The Bertz CT molecular complexity index is 629. The fourth-order valence-corrected chi connectivity index (χ4v) is 3.16. The fourth-order valence-electron chi connectivity index (χ4n) is 3.16. The highest BCUT2D eigenvalue weighted by molar-refractivity contribution is 14.0. The highest BCUT2D eigenvalue weighted by atomic mass is 127. The molecule has 0 amide bonds. The highest BCUT2D eigenvalue weighted by Crippen LogP contribution is 2.29. The molecule has 0 saturated carbocycles. The molecule has 0 spiro atoms. The summed E-state index contributed by atoms with van der Waals surface area (Å²) in [7, 11) is 3.43. The second kappa shape index (κ2) is 13.8. The molecule has 0 bridgehead atoms. The second-order valence-corrected chi connectivity index (χ2v) is 6.80. The minimum Gasteiger partial charge on any atom is -0.493 e. The van der Waals surface area contributed by atoms with Gasteiger partial charge in [-0.25, -0.2) is 4.99 Å². The topological polar surface area (TPSA) is 55.3 Å². The van der Waals surface area contributed by atoms with E-state index in [1.165, 1.54) is 7.11 Å². The lowest BCUT2D eigenvalue weighted by Crippen LogP contribution is -2.40. The summed E-state index contributed by atoms with van der Waals surface area (Å²) in [5, 5.41) is 3.29. The second-order valence-electron chi connectivity index (χ2n) is 6.80. The summed E-state index contributed by atoms with van der Waals surface area (Å²) in [5.41, 5.74) is 0.768. The average Bonchev–Trinajstić information content (AvgIpc) is 2.69. The number of hydrogen-bond acceptors (Lipinski definition) is 4. The summed E-state index contributed by atoms with van der Waals surface area (Å²) >= 11 is 0. The van der Waals surface area contributed by atoms with Crippen molar-refractivity contribution in [1.29, 1.82) is 0 Å². The summed E-state index contributed by atoms with van der Waals surface area (Å²) in [4.78, 5) is 6.76. The quantitative estimate of drug-likeness (QED) is 0.298. The van der Waals surface area contributed by atoms with Gasteiger partial charge in [-0.05, 0) is 49.8 Å². The van der Waals surface area contributed by atoms with Crippen LogP contribution in [-0.4, -0.2) is 57.9 Å². The van der Waals surface area contributed by atoms with E-state index in [2.05, 4.69) is 19.9 Å². The van der Waals surface area contributed by atoms with Crippen LogP contribution in [0, 0.1) is 5.92 Å². The summed E-state index contributed by atoms with van der Waals surface area (Å²) in [6.07, 6.45) is 3.32. The van der Waals surface area contributed by atoms with Crippen molar-refractivity contribution >= 4 is 29.9 Å². The van der Waals surface area contributed by atoms with E-state index >= 15 is 0 Å². The molecule has 0 atom stereocenters. The van der Waals surface area contributed by atoms with Gasteiger partial charge < -0.3 is 24.4 Å². The van der Waals surface area contributed by atoms with E-state index < -0.39 is 6.61 Å². The molecular formula is C20H32F2IN3O3. The molecule has 0 radical (unpaired) electrons. The van der Waals surface area contributed by atoms with E-state index in [9.17, 15) is 8.78 Å². The normalized spacial score (nSPS) is 15.0. The smallest absolute Gasteiger partial charge is 0.387 e. The van der Waals surface area contributed by atoms with Gasteiger partial charge in [0.15, 0.2) is 17.5 Å². The molecule has 1 N–H and O–H groups in total. The molecule has 1 heterocycles. The number of aliphatic imine (C=N–C) groups is 1. The highest BCUT2D eigenvalue weighted by Gasteiger charge is 2.16. The first-order valence-electron chi connectivity index (χ1n) is 9.72. The van der Waals surface area contributed by atoms with Crippen molar-refractivity contribution in [3.05, 3.63) is 23.8 Å². The number of benzene rings is 1. The van der Waals surface area contributed by atoms with Crippen LogP contribution >= 0.6 is 24.0 Å². The van der Waals surface area contributed by atoms with Crippen LogP contribution in [0.2, 0.25) is 0 Å². The molecule has 1 saturated heterocycles.